The summed E-state index contributed by atoms with van der Waals surface area (Å²) in [5.74, 6) is 0.411. The van der Waals surface area contributed by atoms with Crippen LogP contribution in [0, 0.1) is 0 Å². The molecule has 2 rings (SSSR count). The van der Waals surface area contributed by atoms with Gasteiger partial charge in [-0.25, -0.2) is 0 Å². The van der Waals surface area contributed by atoms with Crippen LogP contribution in [0.1, 0.15) is 31.2 Å². The Morgan fingerprint density at radius 1 is 1.10 bits per heavy atom. The lowest BCUT2D eigenvalue weighted by Crippen LogP contribution is -2.08. The number of alkyl halides is 3. The van der Waals surface area contributed by atoms with Crippen molar-refractivity contribution in [2.24, 2.45) is 0 Å². The Hall–Kier alpha value is -1.27. The zero-order valence-corrected chi connectivity index (χ0v) is 12.1. The average Bonchev–Trinajstić information content (AvgIpc) is 2.69. The summed E-state index contributed by atoms with van der Waals surface area (Å²) < 4.78 is 39.8. The van der Waals surface area contributed by atoms with E-state index in [1.54, 1.807) is 0 Å². The standard InChI is InChI=1S/C12H10Cl2F3N3/c1-6(2)10-18-19-11(14)20(10)9-4-7(12(15,16)17)3-8(13)5-9/h3-6H,1-2H3. The molecule has 0 spiro atoms. The highest BCUT2D eigenvalue weighted by molar-refractivity contribution is 6.31. The van der Waals surface area contributed by atoms with Gasteiger partial charge in [0, 0.05) is 10.9 Å². The van der Waals surface area contributed by atoms with Gasteiger partial charge in [0.15, 0.2) is 0 Å². The van der Waals surface area contributed by atoms with Crippen LogP contribution in [0.25, 0.3) is 5.69 Å². The van der Waals surface area contributed by atoms with Crippen LogP contribution in [-0.2, 0) is 6.18 Å². The zero-order chi connectivity index (χ0) is 15.1. The minimum Gasteiger partial charge on any atom is -0.269 e. The van der Waals surface area contributed by atoms with Gasteiger partial charge in [0.05, 0.1) is 11.3 Å². The quantitative estimate of drug-likeness (QED) is 0.800. The first-order valence-corrected chi connectivity index (χ1v) is 6.44. The molecule has 1 heterocycles. The second-order valence-electron chi connectivity index (χ2n) is 4.51. The van der Waals surface area contributed by atoms with E-state index in [1.165, 1.54) is 10.6 Å². The molecule has 3 nitrogen and oxygen atoms in total. The van der Waals surface area contributed by atoms with Crippen LogP contribution < -0.4 is 0 Å². The topological polar surface area (TPSA) is 30.7 Å². The smallest absolute Gasteiger partial charge is 0.269 e. The number of rotatable bonds is 2. The Morgan fingerprint density at radius 2 is 1.75 bits per heavy atom. The van der Waals surface area contributed by atoms with Crippen molar-refractivity contribution in [3.05, 3.63) is 39.9 Å². The van der Waals surface area contributed by atoms with E-state index < -0.39 is 11.7 Å². The number of nitrogens with zero attached hydrogens (tertiary/aromatic N) is 3. The Morgan fingerprint density at radius 3 is 2.30 bits per heavy atom. The number of hydrogen-bond acceptors (Lipinski definition) is 2. The van der Waals surface area contributed by atoms with Crippen molar-refractivity contribution in [3.8, 4) is 5.69 Å². The van der Waals surface area contributed by atoms with E-state index >= 15 is 0 Å². The number of halogens is 5. The highest BCUT2D eigenvalue weighted by Gasteiger charge is 2.31. The first-order valence-electron chi connectivity index (χ1n) is 5.69. The van der Waals surface area contributed by atoms with Gasteiger partial charge in [-0.15, -0.1) is 10.2 Å². The molecule has 0 bridgehead atoms. The van der Waals surface area contributed by atoms with Gasteiger partial charge >= 0.3 is 6.18 Å². The van der Waals surface area contributed by atoms with Crippen molar-refractivity contribution in [1.82, 2.24) is 14.8 Å². The highest BCUT2D eigenvalue weighted by atomic mass is 35.5. The first kappa shape index (κ1) is 15.1. The molecule has 1 aromatic carbocycles. The monoisotopic (exact) mass is 323 g/mol. The fraction of sp³-hybridized carbons (Fsp3) is 0.333. The van der Waals surface area contributed by atoms with Gasteiger partial charge in [0.25, 0.3) is 0 Å². The van der Waals surface area contributed by atoms with Crippen LogP contribution in [0.5, 0.6) is 0 Å². The fourth-order valence-corrected chi connectivity index (χ4v) is 2.21. The highest BCUT2D eigenvalue weighted by Crippen LogP contribution is 2.34. The zero-order valence-electron chi connectivity index (χ0n) is 10.5. The lowest BCUT2D eigenvalue weighted by molar-refractivity contribution is -0.137. The third-order valence-corrected chi connectivity index (χ3v) is 3.10. The number of hydrogen-bond donors (Lipinski definition) is 0. The van der Waals surface area contributed by atoms with Crippen molar-refractivity contribution >= 4 is 23.2 Å². The van der Waals surface area contributed by atoms with E-state index in [-0.39, 0.29) is 21.9 Å². The minimum atomic E-state index is -4.49. The van der Waals surface area contributed by atoms with E-state index in [0.29, 0.717) is 5.82 Å². The van der Waals surface area contributed by atoms with Crippen LogP contribution in [0.15, 0.2) is 18.2 Å². The maximum absolute atomic E-state index is 12.8. The van der Waals surface area contributed by atoms with Crippen LogP contribution in [0.4, 0.5) is 13.2 Å². The molecule has 0 saturated heterocycles. The van der Waals surface area contributed by atoms with Crippen molar-refractivity contribution in [2.75, 3.05) is 0 Å². The van der Waals surface area contributed by atoms with Crippen molar-refractivity contribution < 1.29 is 13.2 Å². The molecule has 0 amide bonds. The summed E-state index contributed by atoms with van der Waals surface area (Å²) in [5.41, 5.74) is -0.664. The predicted octanol–water partition coefficient (Wildman–Crippen LogP) is 4.72. The first-order chi connectivity index (χ1) is 9.20. The summed E-state index contributed by atoms with van der Waals surface area (Å²) in [7, 11) is 0. The van der Waals surface area contributed by atoms with E-state index in [2.05, 4.69) is 10.2 Å². The fourth-order valence-electron chi connectivity index (χ4n) is 1.76. The molecule has 108 valence electrons. The second-order valence-corrected chi connectivity index (χ2v) is 5.29. The summed E-state index contributed by atoms with van der Waals surface area (Å²) in [6, 6.07) is 3.21. The molecule has 8 heteroatoms. The van der Waals surface area contributed by atoms with E-state index in [0.717, 1.165) is 12.1 Å². The Balaban J connectivity index is 2.65. The third kappa shape index (κ3) is 2.91. The number of aromatic nitrogens is 3. The lowest BCUT2D eigenvalue weighted by Gasteiger charge is -2.13. The van der Waals surface area contributed by atoms with Crippen molar-refractivity contribution in [1.29, 1.82) is 0 Å². The summed E-state index contributed by atoms with van der Waals surface area (Å²) in [6.07, 6.45) is -4.49. The van der Waals surface area contributed by atoms with Gasteiger partial charge in [-0.05, 0) is 29.8 Å². The summed E-state index contributed by atoms with van der Waals surface area (Å²) in [6.45, 7) is 3.68. The minimum absolute atomic E-state index is 0.0101. The third-order valence-electron chi connectivity index (χ3n) is 2.63. The van der Waals surface area contributed by atoms with Crippen LogP contribution in [0.2, 0.25) is 10.3 Å². The molecule has 0 N–H and O–H groups in total. The van der Waals surface area contributed by atoms with Gasteiger partial charge in [-0.1, -0.05) is 25.4 Å². The lowest BCUT2D eigenvalue weighted by atomic mass is 10.1. The Kier molecular flexibility index (Phi) is 3.97. The average molecular weight is 324 g/mol. The molecule has 0 unspecified atom stereocenters. The van der Waals surface area contributed by atoms with Gasteiger partial charge in [-0.3, -0.25) is 4.57 Å². The predicted molar refractivity (Wildman–Crippen MR) is 70.5 cm³/mol. The summed E-state index contributed by atoms with van der Waals surface area (Å²) in [5, 5.41) is 7.52. The molecule has 0 saturated carbocycles. The molecule has 1 aromatic heterocycles. The molecule has 0 aliphatic heterocycles. The van der Waals surface area contributed by atoms with Crippen molar-refractivity contribution in [3.63, 3.8) is 0 Å². The molecule has 0 fully saturated rings. The van der Waals surface area contributed by atoms with Gasteiger partial charge in [-0.2, -0.15) is 13.2 Å². The second kappa shape index (κ2) is 5.26. The molecular weight excluding hydrogens is 314 g/mol. The summed E-state index contributed by atoms with van der Waals surface area (Å²) >= 11 is 11.7. The van der Waals surface area contributed by atoms with E-state index in [1.807, 2.05) is 13.8 Å². The molecule has 2 aromatic rings. The Labute approximate surface area is 123 Å². The molecular formula is C12H10Cl2F3N3. The molecule has 0 aliphatic rings. The van der Waals surface area contributed by atoms with Crippen molar-refractivity contribution in [2.45, 2.75) is 25.9 Å². The van der Waals surface area contributed by atoms with E-state index in [4.69, 9.17) is 23.2 Å². The van der Waals surface area contributed by atoms with Gasteiger partial charge in [0.1, 0.15) is 5.82 Å². The van der Waals surface area contributed by atoms with Gasteiger partial charge < -0.3 is 0 Å². The summed E-state index contributed by atoms with van der Waals surface area (Å²) in [4.78, 5) is 0. The largest absolute Gasteiger partial charge is 0.416 e. The molecule has 20 heavy (non-hydrogen) atoms. The Bertz CT molecular complexity index is 635. The SMILES string of the molecule is CC(C)c1nnc(Cl)n1-c1cc(Cl)cc(C(F)(F)F)c1. The molecule has 0 atom stereocenters. The maximum atomic E-state index is 12.8. The molecule has 0 radical (unpaired) electrons. The van der Waals surface area contributed by atoms with E-state index in [9.17, 15) is 13.2 Å². The number of benzene rings is 1. The van der Waals surface area contributed by atoms with Crippen LogP contribution >= 0.6 is 23.2 Å². The molecule has 0 aliphatic carbocycles. The normalized spacial score (nSPS) is 12.2. The van der Waals surface area contributed by atoms with Crippen LogP contribution in [0.3, 0.4) is 0 Å². The van der Waals surface area contributed by atoms with Gasteiger partial charge in [0.2, 0.25) is 5.28 Å². The maximum Gasteiger partial charge on any atom is 0.416 e. The van der Waals surface area contributed by atoms with Crippen LogP contribution in [-0.4, -0.2) is 14.8 Å².